The third-order valence-corrected chi connectivity index (χ3v) is 5.85. The Labute approximate surface area is 189 Å². The predicted octanol–water partition coefficient (Wildman–Crippen LogP) is 4.99. The zero-order valence-electron chi connectivity index (χ0n) is 17.4. The largest absolute Gasteiger partial charge is 0.507 e. The number of phenols is 1. The molecule has 3 aromatic carbocycles. The molecule has 3 aromatic rings. The average Bonchev–Trinajstić information content (AvgIpc) is 3.06. The highest BCUT2D eigenvalue weighted by Crippen LogP contribution is 2.44. The number of aromatic hydroxyl groups is 1. The highest BCUT2D eigenvalue weighted by Gasteiger charge is 2.47. The summed E-state index contributed by atoms with van der Waals surface area (Å²) < 4.78 is 5.22. The fourth-order valence-electron chi connectivity index (χ4n) is 3.76. The van der Waals surface area contributed by atoms with Crippen LogP contribution >= 0.6 is 11.6 Å². The Hall–Kier alpha value is -3.77. The summed E-state index contributed by atoms with van der Waals surface area (Å²) in [5, 5.41) is 21.5. The summed E-state index contributed by atoms with van der Waals surface area (Å²) in [5.74, 6) is -1.81. The molecule has 1 aliphatic rings. The number of aryl methyl sites for hydroxylation is 1. The molecule has 162 valence electrons. The molecule has 6 nitrogen and oxygen atoms in total. The lowest BCUT2D eigenvalue weighted by Crippen LogP contribution is -2.29. The summed E-state index contributed by atoms with van der Waals surface area (Å²) in [5.41, 5.74) is 2.05. The number of halogens is 1. The third kappa shape index (κ3) is 3.59. The van der Waals surface area contributed by atoms with Gasteiger partial charge in [0.05, 0.1) is 18.7 Å². The number of amides is 1. The number of hydrogen-bond donors (Lipinski definition) is 2. The number of anilines is 1. The van der Waals surface area contributed by atoms with E-state index in [9.17, 15) is 19.8 Å². The van der Waals surface area contributed by atoms with Gasteiger partial charge in [-0.25, -0.2) is 0 Å². The van der Waals surface area contributed by atoms with Crippen molar-refractivity contribution >= 4 is 34.7 Å². The van der Waals surface area contributed by atoms with Crippen LogP contribution in [0, 0.1) is 6.92 Å². The maximum atomic E-state index is 13.2. The lowest BCUT2D eigenvalue weighted by molar-refractivity contribution is -0.132. The minimum Gasteiger partial charge on any atom is -0.507 e. The quantitative estimate of drug-likeness (QED) is 0.333. The van der Waals surface area contributed by atoms with Crippen molar-refractivity contribution in [2.24, 2.45) is 0 Å². The predicted molar refractivity (Wildman–Crippen MR) is 122 cm³/mol. The Morgan fingerprint density at radius 3 is 2.41 bits per heavy atom. The summed E-state index contributed by atoms with van der Waals surface area (Å²) in [4.78, 5) is 27.6. The lowest BCUT2D eigenvalue weighted by Gasteiger charge is -2.26. The zero-order chi connectivity index (χ0) is 23.0. The lowest BCUT2D eigenvalue weighted by atomic mass is 9.94. The van der Waals surface area contributed by atoms with Crippen LogP contribution in [0.25, 0.3) is 5.76 Å². The van der Waals surface area contributed by atoms with Crippen molar-refractivity contribution in [2.45, 2.75) is 13.0 Å². The molecule has 0 radical (unpaired) electrons. The molecular weight excluding hydrogens is 430 g/mol. The first-order valence-corrected chi connectivity index (χ1v) is 10.2. The third-order valence-electron chi connectivity index (χ3n) is 5.44. The van der Waals surface area contributed by atoms with Gasteiger partial charge < -0.3 is 14.9 Å². The molecule has 1 fully saturated rings. The van der Waals surface area contributed by atoms with Gasteiger partial charge in [0.25, 0.3) is 11.7 Å². The van der Waals surface area contributed by atoms with Gasteiger partial charge >= 0.3 is 0 Å². The number of ether oxygens (including phenoxy) is 1. The number of hydrogen-bond acceptors (Lipinski definition) is 5. The van der Waals surface area contributed by atoms with Crippen LogP contribution in [0.2, 0.25) is 5.02 Å². The molecule has 0 bridgehead atoms. The first kappa shape index (κ1) is 21.5. The van der Waals surface area contributed by atoms with E-state index in [1.807, 2.05) is 6.92 Å². The smallest absolute Gasteiger partial charge is 0.300 e. The van der Waals surface area contributed by atoms with Gasteiger partial charge in [0, 0.05) is 16.3 Å². The van der Waals surface area contributed by atoms with Crippen molar-refractivity contribution in [3.05, 3.63) is 94.0 Å². The molecule has 32 heavy (non-hydrogen) atoms. The van der Waals surface area contributed by atoms with Crippen molar-refractivity contribution in [2.75, 3.05) is 12.0 Å². The number of carbonyl (C=O) groups is 2. The molecule has 7 heteroatoms. The summed E-state index contributed by atoms with van der Waals surface area (Å²) in [6, 6.07) is 17.2. The number of methoxy groups -OCH3 is 1. The minimum atomic E-state index is -0.955. The SMILES string of the molecule is COc1cc([C@H]2C(=C(O)c3ccccc3)C(=O)C(=O)N2c2ccc(C)c(Cl)c2)ccc1O. The molecule has 0 spiro atoms. The molecular formula is C25H20ClNO5. The number of benzene rings is 3. The number of Topliss-reactive ketones (excluding diaryl/α,β-unsaturated/α-hetero) is 1. The number of rotatable bonds is 4. The standard InChI is InChI=1S/C25H20ClNO5/c1-14-8-10-17(13-18(14)26)27-22(16-9-11-19(28)20(12-16)32-2)21(24(30)25(27)31)23(29)15-6-4-3-5-7-15/h3-13,22,28-29H,1-2H3/t22-/m0/s1. The second kappa shape index (κ2) is 8.40. The monoisotopic (exact) mass is 449 g/mol. The van der Waals surface area contributed by atoms with Crippen molar-refractivity contribution in [3.63, 3.8) is 0 Å². The Bertz CT molecular complexity index is 1250. The molecule has 1 amide bonds. The van der Waals surface area contributed by atoms with Gasteiger partial charge in [-0.3, -0.25) is 14.5 Å². The number of nitrogens with zero attached hydrogens (tertiary/aromatic N) is 1. The highest BCUT2D eigenvalue weighted by atomic mass is 35.5. The van der Waals surface area contributed by atoms with Crippen LogP contribution < -0.4 is 9.64 Å². The van der Waals surface area contributed by atoms with E-state index in [0.717, 1.165) is 5.56 Å². The van der Waals surface area contributed by atoms with Crippen LogP contribution in [-0.2, 0) is 9.59 Å². The van der Waals surface area contributed by atoms with Crippen molar-refractivity contribution in [1.29, 1.82) is 0 Å². The molecule has 4 rings (SSSR count). The number of ketones is 1. The maximum absolute atomic E-state index is 13.2. The van der Waals surface area contributed by atoms with Crippen LogP contribution in [0.3, 0.4) is 0 Å². The van der Waals surface area contributed by atoms with E-state index in [2.05, 4.69) is 0 Å². The van der Waals surface area contributed by atoms with Gasteiger partial charge in [-0.2, -0.15) is 0 Å². The fourth-order valence-corrected chi connectivity index (χ4v) is 3.94. The summed E-state index contributed by atoms with van der Waals surface area (Å²) in [6.45, 7) is 1.83. The second-order valence-corrected chi connectivity index (χ2v) is 7.81. The highest BCUT2D eigenvalue weighted by molar-refractivity contribution is 6.51. The van der Waals surface area contributed by atoms with Crippen molar-refractivity contribution < 1.29 is 24.5 Å². The van der Waals surface area contributed by atoms with E-state index in [0.29, 0.717) is 21.8 Å². The van der Waals surface area contributed by atoms with Crippen LogP contribution in [0.1, 0.15) is 22.7 Å². The van der Waals surface area contributed by atoms with Crippen LogP contribution in [0.4, 0.5) is 5.69 Å². The van der Waals surface area contributed by atoms with E-state index < -0.39 is 17.7 Å². The fraction of sp³-hybridized carbons (Fsp3) is 0.120. The molecule has 1 saturated heterocycles. The zero-order valence-corrected chi connectivity index (χ0v) is 18.1. The Balaban J connectivity index is 1.98. The normalized spacial score (nSPS) is 17.6. The van der Waals surface area contributed by atoms with Crippen molar-refractivity contribution in [3.8, 4) is 11.5 Å². The van der Waals surface area contributed by atoms with Gasteiger partial charge in [-0.1, -0.05) is 54.1 Å². The molecule has 0 unspecified atom stereocenters. The second-order valence-electron chi connectivity index (χ2n) is 7.40. The van der Waals surface area contributed by atoms with E-state index in [-0.39, 0.29) is 22.8 Å². The van der Waals surface area contributed by atoms with E-state index in [1.165, 1.54) is 24.1 Å². The van der Waals surface area contributed by atoms with E-state index >= 15 is 0 Å². The first-order chi connectivity index (χ1) is 15.3. The maximum Gasteiger partial charge on any atom is 0.300 e. The van der Waals surface area contributed by atoms with E-state index in [4.69, 9.17) is 16.3 Å². The molecule has 0 saturated carbocycles. The Kier molecular flexibility index (Phi) is 5.63. The van der Waals surface area contributed by atoms with Gasteiger partial charge in [0.15, 0.2) is 11.5 Å². The molecule has 2 N–H and O–H groups in total. The minimum absolute atomic E-state index is 0.0642. The summed E-state index contributed by atoms with van der Waals surface area (Å²) in [6.07, 6.45) is 0. The van der Waals surface area contributed by atoms with Crippen LogP contribution in [0.15, 0.2) is 72.3 Å². The average molecular weight is 450 g/mol. The summed E-state index contributed by atoms with van der Waals surface area (Å²) >= 11 is 6.30. The Morgan fingerprint density at radius 1 is 1.03 bits per heavy atom. The van der Waals surface area contributed by atoms with Gasteiger partial charge in [0.1, 0.15) is 5.76 Å². The topological polar surface area (TPSA) is 87.1 Å². The number of aliphatic hydroxyl groups is 1. The van der Waals surface area contributed by atoms with Gasteiger partial charge in [-0.15, -0.1) is 0 Å². The number of phenolic OH excluding ortho intramolecular Hbond substituents is 1. The van der Waals surface area contributed by atoms with Crippen molar-refractivity contribution in [1.82, 2.24) is 0 Å². The van der Waals surface area contributed by atoms with Gasteiger partial charge in [-0.05, 0) is 42.3 Å². The number of carbonyl (C=O) groups excluding carboxylic acids is 2. The molecule has 1 heterocycles. The van der Waals surface area contributed by atoms with Crippen LogP contribution in [-0.4, -0.2) is 29.0 Å². The molecule has 1 aliphatic heterocycles. The summed E-state index contributed by atoms with van der Waals surface area (Å²) in [7, 11) is 1.40. The van der Waals surface area contributed by atoms with Gasteiger partial charge in [0.2, 0.25) is 0 Å². The van der Waals surface area contributed by atoms with Crippen LogP contribution in [0.5, 0.6) is 11.5 Å². The Morgan fingerprint density at radius 2 is 1.75 bits per heavy atom. The first-order valence-electron chi connectivity index (χ1n) is 9.83. The number of aliphatic hydroxyl groups excluding tert-OH is 1. The molecule has 0 aliphatic carbocycles. The molecule has 0 aromatic heterocycles. The van der Waals surface area contributed by atoms with E-state index in [1.54, 1.807) is 54.6 Å². The molecule has 1 atom stereocenters.